The van der Waals surface area contributed by atoms with Crippen LogP contribution in [-0.4, -0.2) is 40.5 Å². The van der Waals surface area contributed by atoms with Crippen molar-refractivity contribution in [3.05, 3.63) is 24.3 Å². The molecule has 1 aromatic carbocycles. The second-order valence-electron chi connectivity index (χ2n) is 3.97. The number of ether oxygens (including phenoxy) is 1. The van der Waals surface area contributed by atoms with E-state index in [1.165, 1.54) is 0 Å². The molecule has 1 saturated heterocycles. The fourth-order valence-electron chi connectivity index (χ4n) is 1.94. The summed E-state index contributed by atoms with van der Waals surface area (Å²) in [5, 5.41) is 0. The predicted molar refractivity (Wildman–Crippen MR) is 67.2 cm³/mol. The van der Waals surface area contributed by atoms with Gasteiger partial charge < -0.3 is 9.64 Å². The van der Waals surface area contributed by atoms with Gasteiger partial charge in [0.2, 0.25) is 0 Å². The molecule has 0 unspecified atom stereocenters. The van der Waals surface area contributed by atoms with Gasteiger partial charge in [-0.1, -0.05) is 19.1 Å². The van der Waals surface area contributed by atoms with Crippen molar-refractivity contribution in [1.82, 2.24) is 0 Å². The van der Waals surface area contributed by atoms with E-state index in [4.69, 9.17) is 4.74 Å². The molecule has 0 bridgehead atoms. The third-order valence-electron chi connectivity index (χ3n) is 2.93. The fourth-order valence-corrected chi connectivity index (χ4v) is 3.05. The predicted octanol–water partition coefficient (Wildman–Crippen LogP) is 1.32. The minimum atomic E-state index is -3.16. The Morgan fingerprint density at radius 3 is 2.53 bits per heavy atom. The Morgan fingerprint density at radius 2 is 1.88 bits per heavy atom. The van der Waals surface area contributed by atoms with Crippen molar-refractivity contribution in [2.45, 2.75) is 11.8 Å². The van der Waals surface area contributed by atoms with Crippen LogP contribution in [0.15, 0.2) is 29.2 Å². The van der Waals surface area contributed by atoms with Gasteiger partial charge in [0, 0.05) is 13.1 Å². The van der Waals surface area contributed by atoms with Crippen LogP contribution in [0.5, 0.6) is 0 Å². The Hall–Kier alpha value is -1.07. The molecule has 0 amide bonds. The molecular weight excluding hydrogens is 238 g/mol. The van der Waals surface area contributed by atoms with Crippen LogP contribution in [0.25, 0.3) is 0 Å². The van der Waals surface area contributed by atoms with Gasteiger partial charge in [-0.15, -0.1) is 0 Å². The van der Waals surface area contributed by atoms with Gasteiger partial charge in [-0.3, -0.25) is 0 Å². The van der Waals surface area contributed by atoms with Crippen LogP contribution in [-0.2, 0) is 14.6 Å². The minimum Gasteiger partial charge on any atom is -0.378 e. The standard InChI is InChI=1S/C12H17NO3S/c1-2-17(14,15)12-6-4-3-5-11(12)13-7-9-16-10-8-13/h3-6H,2,7-10H2,1H3. The van der Waals surface area contributed by atoms with Gasteiger partial charge >= 0.3 is 0 Å². The minimum absolute atomic E-state index is 0.133. The molecule has 0 radical (unpaired) electrons. The highest BCUT2D eigenvalue weighted by Crippen LogP contribution is 2.26. The SMILES string of the molecule is CCS(=O)(=O)c1ccccc1N1CCOCC1. The van der Waals surface area contributed by atoms with E-state index >= 15 is 0 Å². The molecule has 1 aromatic rings. The molecule has 2 rings (SSSR count). The van der Waals surface area contributed by atoms with E-state index in [1.54, 1.807) is 19.1 Å². The molecule has 0 saturated carbocycles. The normalized spacial score (nSPS) is 17.1. The molecule has 0 N–H and O–H groups in total. The summed E-state index contributed by atoms with van der Waals surface area (Å²) >= 11 is 0. The van der Waals surface area contributed by atoms with Gasteiger partial charge in [-0.2, -0.15) is 0 Å². The van der Waals surface area contributed by atoms with Gasteiger partial charge in [0.15, 0.2) is 9.84 Å². The molecule has 4 nitrogen and oxygen atoms in total. The maximum absolute atomic E-state index is 12.0. The second-order valence-corrected chi connectivity index (χ2v) is 6.22. The third kappa shape index (κ3) is 2.61. The maximum atomic E-state index is 12.0. The molecule has 94 valence electrons. The van der Waals surface area contributed by atoms with Crippen molar-refractivity contribution >= 4 is 15.5 Å². The fraction of sp³-hybridized carbons (Fsp3) is 0.500. The van der Waals surface area contributed by atoms with E-state index in [0.717, 1.165) is 18.8 Å². The Bertz CT molecular complexity index is 478. The topological polar surface area (TPSA) is 46.6 Å². The quantitative estimate of drug-likeness (QED) is 0.817. The lowest BCUT2D eigenvalue weighted by Crippen LogP contribution is -2.37. The van der Waals surface area contributed by atoms with Crippen molar-refractivity contribution in [3.63, 3.8) is 0 Å². The molecule has 1 fully saturated rings. The molecule has 0 spiro atoms. The number of sulfone groups is 1. The van der Waals surface area contributed by atoms with Gasteiger partial charge in [-0.25, -0.2) is 8.42 Å². The van der Waals surface area contributed by atoms with Gasteiger partial charge in [0.05, 0.1) is 29.5 Å². The number of hydrogen-bond donors (Lipinski definition) is 0. The van der Waals surface area contributed by atoms with Crippen LogP contribution in [0.3, 0.4) is 0 Å². The molecule has 0 aliphatic carbocycles. The average Bonchev–Trinajstić information content (AvgIpc) is 2.40. The number of anilines is 1. The van der Waals surface area contributed by atoms with E-state index in [1.807, 2.05) is 12.1 Å². The van der Waals surface area contributed by atoms with E-state index < -0.39 is 9.84 Å². The van der Waals surface area contributed by atoms with Gasteiger partial charge in [0.25, 0.3) is 0 Å². The Labute approximate surface area is 102 Å². The number of hydrogen-bond acceptors (Lipinski definition) is 4. The highest BCUT2D eigenvalue weighted by molar-refractivity contribution is 7.91. The van der Waals surface area contributed by atoms with Crippen molar-refractivity contribution in [2.24, 2.45) is 0 Å². The molecule has 17 heavy (non-hydrogen) atoms. The summed E-state index contributed by atoms with van der Waals surface area (Å²) < 4.78 is 29.3. The molecule has 5 heteroatoms. The van der Waals surface area contributed by atoms with E-state index in [0.29, 0.717) is 18.1 Å². The lowest BCUT2D eigenvalue weighted by molar-refractivity contribution is 0.122. The Morgan fingerprint density at radius 1 is 1.24 bits per heavy atom. The second kappa shape index (κ2) is 5.06. The van der Waals surface area contributed by atoms with Gasteiger partial charge in [-0.05, 0) is 12.1 Å². The van der Waals surface area contributed by atoms with Crippen LogP contribution in [0, 0.1) is 0 Å². The van der Waals surface area contributed by atoms with Gasteiger partial charge in [0.1, 0.15) is 0 Å². The molecule has 1 heterocycles. The molecule has 0 atom stereocenters. The van der Waals surface area contributed by atoms with Crippen LogP contribution >= 0.6 is 0 Å². The zero-order valence-electron chi connectivity index (χ0n) is 9.93. The molecular formula is C12H17NO3S. The number of rotatable bonds is 3. The summed E-state index contributed by atoms with van der Waals surface area (Å²) in [6.07, 6.45) is 0. The lowest BCUT2D eigenvalue weighted by atomic mass is 10.2. The molecule has 1 aliphatic rings. The van der Waals surface area contributed by atoms with Crippen LogP contribution in [0.2, 0.25) is 0 Å². The molecule has 0 aromatic heterocycles. The monoisotopic (exact) mass is 255 g/mol. The van der Waals surface area contributed by atoms with Crippen molar-refractivity contribution in [1.29, 1.82) is 0 Å². The summed E-state index contributed by atoms with van der Waals surface area (Å²) in [5.74, 6) is 0.133. The lowest BCUT2D eigenvalue weighted by Gasteiger charge is -2.30. The zero-order chi connectivity index (χ0) is 12.3. The van der Waals surface area contributed by atoms with Crippen LogP contribution in [0.1, 0.15) is 6.92 Å². The summed E-state index contributed by atoms with van der Waals surface area (Å²) in [7, 11) is -3.16. The number of para-hydroxylation sites is 1. The first kappa shape index (κ1) is 12.4. The van der Waals surface area contributed by atoms with E-state index in [9.17, 15) is 8.42 Å². The first-order valence-corrected chi connectivity index (χ1v) is 7.45. The summed E-state index contributed by atoms with van der Waals surface area (Å²) in [5.41, 5.74) is 0.803. The van der Waals surface area contributed by atoms with Crippen molar-refractivity contribution in [3.8, 4) is 0 Å². The smallest absolute Gasteiger partial charge is 0.180 e. The summed E-state index contributed by atoms with van der Waals surface area (Å²) in [6, 6.07) is 7.20. The van der Waals surface area contributed by atoms with Crippen molar-refractivity contribution < 1.29 is 13.2 Å². The largest absolute Gasteiger partial charge is 0.378 e. The zero-order valence-corrected chi connectivity index (χ0v) is 10.7. The molecule has 1 aliphatic heterocycles. The average molecular weight is 255 g/mol. The summed E-state index contributed by atoms with van der Waals surface area (Å²) in [6.45, 7) is 4.47. The van der Waals surface area contributed by atoms with E-state index in [-0.39, 0.29) is 5.75 Å². The third-order valence-corrected chi connectivity index (χ3v) is 4.71. The highest BCUT2D eigenvalue weighted by Gasteiger charge is 2.21. The number of morpholine rings is 1. The first-order chi connectivity index (χ1) is 8.15. The maximum Gasteiger partial charge on any atom is 0.180 e. The van der Waals surface area contributed by atoms with Crippen LogP contribution in [0.4, 0.5) is 5.69 Å². The number of nitrogens with zero attached hydrogens (tertiary/aromatic N) is 1. The summed E-state index contributed by atoms with van der Waals surface area (Å²) in [4.78, 5) is 2.51. The number of benzene rings is 1. The van der Waals surface area contributed by atoms with Crippen molar-refractivity contribution in [2.75, 3.05) is 37.0 Å². The first-order valence-electron chi connectivity index (χ1n) is 5.79. The highest BCUT2D eigenvalue weighted by atomic mass is 32.2. The van der Waals surface area contributed by atoms with E-state index in [2.05, 4.69) is 4.90 Å². The Balaban J connectivity index is 2.40. The van der Waals surface area contributed by atoms with Crippen LogP contribution < -0.4 is 4.90 Å². The Kier molecular flexibility index (Phi) is 3.69.